The molecule has 4 N–H and O–H groups in total. The Labute approximate surface area is 125 Å². The number of anilines is 1. The fraction of sp³-hybridized carbons (Fsp3) is 0.0714. The average molecular weight is 311 g/mol. The highest BCUT2D eigenvalue weighted by molar-refractivity contribution is 6.31. The van der Waals surface area contributed by atoms with Gasteiger partial charge < -0.3 is 20.9 Å². The van der Waals surface area contributed by atoms with Crippen LogP contribution in [0.4, 0.5) is 10.1 Å². The number of halogens is 2. The first kappa shape index (κ1) is 14.9. The Kier molecular flexibility index (Phi) is 4.18. The standard InChI is InChI=1S/C14H12ClFN2O3/c1-20-13-4-7(14(18)19)2-3-11(13)21-12-5-8(15)9(16)6-10(12)17/h2-6H,17H2,1H3,(H2,18,19). The molecule has 0 aliphatic carbocycles. The molecule has 0 aliphatic heterocycles. The lowest BCUT2D eigenvalue weighted by molar-refractivity contribution is 0.1000. The van der Waals surface area contributed by atoms with Crippen molar-refractivity contribution in [2.45, 2.75) is 0 Å². The van der Waals surface area contributed by atoms with E-state index < -0.39 is 11.7 Å². The number of nitrogen functional groups attached to an aromatic ring is 1. The Balaban J connectivity index is 2.40. The smallest absolute Gasteiger partial charge is 0.248 e. The first-order valence-electron chi connectivity index (χ1n) is 5.82. The number of ether oxygens (including phenoxy) is 2. The largest absolute Gasteiger partial charge is 0.493 e. The van der Waals surface area contributed by atoms with Crippen LogP contribution < -0.4 is 20.9 Å². The summed E-state index contributed by atoms with van der Waals surface area (Å²) < 4.78 is 23.9. The number of hydrogen-bond acceptors (Lipinski definition) is 4. The Morgan fingerprint density at radius 3 is 2.52 bits per heavy atom. The number of hydrogen-bond donors (Lipinski definition) is 2. The number of amides is 1. The molecule has 2 aromatic rings. The second-order valence-corrected chi connectivity index (χ2v) is 4.54. The zero-order chi connectivity index (χ0) is 15.6. The van der Waals surface area contributed by atoms with Gasteiger partial charge in [0.25, 0.3) is 0 Å². The normalized spacial score (nSPS) is 10.2. The molecule has 0 fully saturated rings. The van der Waals surface area contributed by atoms with E-state index in [9.17, 15) is 9.18 Å². The maximum Gasteiger partial charge on any atom is 0.248 e. The van der Waals surface area contributed by atoms with Gasteiger partial charge in [-0.1, -0.05) is 11.6 Å². The number of primary amides is 1. The minimum absolute atomic E-state index is 0.0814. The van der Waals surface area contributed by atoms with Crippen LogP contribution in [-0.4, -0.2) is 13.0 Å². The molecule has 110 valence electrons. The zero-order valence-electron chi connectivity index (χ0n) is 11.0. The zero-order valence-corrected chi connectivity index (χ0v) is 11.8. The van der Waals surface area contributed by atoms with E-state index in [0.29, 0.717) is 0 Å². The molecule has 2 aromatic carbocycles. The van der Waals surface area contributed by atoms with E-state index in [1.807, 2.05) is 0 Å². The van der Waals surface area contributed by atoms with Crippen LogP contribution in [0.1, 0.15) is 10.4 Å². The van der Waals surface area contributed by atoms with Crippen LogP contribution in [0, 0.1) is 5.82 Å². The summed E-state index contributed by atoms with van der Waals surface area (Å²) in [6.07, 6.45) is 0. The second kappa shape index (κ2) is 5.88. The minimum Gasteiger partial charge on any atom is -0.493 e. The highest BCUT2D eigenvalue weighted by Crippen LogP contribution is 2.36. The third kappa shape index (κ3) is 3.17. The van der Waals surface area contributed by atoms with Crippen molar-refractivity contribution in [1.29, 1.82) is 0 Å². The molecule has 21 heavy (non-hydrogen) atoms. The van der Waals surface area contributed by atoms with E-state index in [0.717, 1.165) is 6.07 Å². The fourth-order valence-corrected chi connectivity index (χ4v) is 1.81. The molecule has 0 radical (unpaired) electrons. The van der Waals surface area contributed by atoms with Crippen molar-refractivity contribution >= 4 is 23.2 Å². The summed E-state index contributed by atoms with van der Waals surface area (Å²) in [4.78, 5) is 11.1. The van der Waals surface area contributed by atoms with E-state index in [4.69, 9.17) is 32.5 Å². The van der Waals surface area contributed by atoms with Gasteiger partial charge in [-0.15, -0.1) is 0 Å². The van der Waals surface area contributed by atoms with Gasteiger partial charge in [0.2, 0.25) is 5.91 Å². The molecule has 1 amide bonds. The fourth-order valence-electron chi connectivity index (χ4n) is 1.66. The molecule has 0 spiro atoms. The molecule has 0 saturated carbocycles. The van der Waals surface area contributed by atoms with E-state index in [1.165, 1.54) is 31.4 Å². The van der Waals surface area contributed by atoms with Crippen molar-refractivity contribution in [1.82, 2.24) is 0 Å². The lowest BCUT2D eigenvalue weighted by atomic mass is 10.2. The van der Waals surface area contributed by atoms with Crippen molar-refractivity contribution in [3.63, 3.8) is 0 Å². The summed E-state index contributed by atoms with van der Waals surface area (Å²) in [6.45, 7) is 0. The van der Waals surface area contributed by atoms with Crippen molar-refractivity contribution in [2.75, 3.05) is 12.8 Å². The van der Waals surface area contributed by atoms with Crippen LogP contribution in [0.3, 0.4) is 0 Å². The number of nitrogens with two attached hydrogens (primary N) is 2. The molecule has 0 saturated heterocycles. The molecular weight excluding hydrogens is 299 g/mol. The van der Waals surface area contributed by atoms with Crippen LogP contribution in [0.15, 0.2) is 30.3 Å². The lowest BCUT2D eigenvalue weighted by Crippen LogP contribution is -2.10. The first-order valence-corrected chi connectivity index (χ1v) is 6.20. The summed E-state index contributed by atoms with van der Waals surface area (Å²) in [5, 5.41) is -0.119. The van der Waals surface area contributed by atoms with E-state index in [1.54, 1.807) is 0 Å². The molecule has 7 heteroatoms. The molecule has 0 heterocycles. The highest BCUT2D eigenvalue weighted by Gasteiger charge is 2.13. The van der Waals surface area contributed by atoms with E-state index in [-0.39, 0.29) is 33.5 Å². The van der Waals surface area contributed by atoms with Crippen LogP contribution in [-0.2, 0) is 0 Å². The number of carbonyl (C=O) groups excluding carboxylic acids is 1. The number of methoxy groups -OCH3 is 1. The SMILES string of the molecule is COc1cc(C(N)=O)ccc1Oc1cc(Cl)c(F)cc1N. The van der Waals surface area contributed by atoms with Crippen molar-refractivity contribution in [2.24, 2.45) is 5.73 Å². The number of benzene rings is 2. The van der Waals surface area contributed by atoms with Gasteiger partial charge in [-0.2, -0.15) is 0 Å². The van der Waals surface area contributed by atoms with Gasteiger partial charge in [-0.3, -0.25) is 4.79 Å². The molecule has 0 aromatic heterocycles. The van der Waals surface area contributed by atoms with Gasteiger partial charge in [0.05, 0.1) is 17.8 Å². The van der Waals surface area contributed by atoms with E-state index >= 15 is 0 Å². The first-order chi connectivity index (χ1) is 9.92. The monoisotopic (exact) mass is 310 g/mol. The molecule has 5 nitrogen and oxygen atoms in total. The van der Waals surface area contributed by atoms with Gasteiger partial charge in [0.15, 0.2) is 17.2 Å². The highest BCUT2D eigenvalue weighted by atomic mass is 35.5. The summed E-state index contributed by atoms with van der Waals surface area (Å²) in [6, 6.07) is 6.71. The molecule has 0 aliphatic rings. The third-order valence-corrected chi connectivity index (χ3v) is 3.01. The molecule has 0 bridgehead atoms. The predicted octanol–water partition coefficient (Wildman–Crippen LogP) is 2.96. The van der Waals surface area contributed by atoms with Gasteiger partial charge >= 0.3 is 0 Å². The summed E-state index contributed by atoms with van der Waals surface area (Å²) in [5.74, 6) is -0.490. The average Bonchev–Trinajstić information content (AvgIpc) is 2.44. The lowest BCUT2D eigenvalue weighted by Gasteiger charge is -2.13. The van der Waals surface area contributed by atoms with Crippen LogP contribution in [0.25, 0.3) is 0 Å². The van der Waals surface area contributed by atoms with Crippen LogP contribution in [0.5, 0.6) is 17.2 Å². The maximum absolute atomic E-state index is 13.2. The summed E-state index contributed by atoms with van der Waals surface area (Å²) in [5.41, 5.74) is 11.2. The quantitative estimate of drug-likeness (QED) is 0.850. The summed E-state index contributed by atoms with van der Waals surface area (Å²) in [7, 11) is 1.41. The maximum atomic E-state index is 13.2. The third-order valence-electron chi connectivity index (χ3n) is 2.72. The molecule has 0 unspecified atom stereocenters. The minimum atomic E-state index is -0.641. The van der Waals surface area contributed by atoms with Crippen molar-refractivity contribution in [3.8, 4) is 17.2 Å². The van der Waals surface area contributed by atoms with E-state index in [2.05, 4.69) is 0 Å². The second-order valence-electron chi connectivity index (χ2n) is 4.14. The number of rotatable bonds is 4. The Bertz CT molecular complexity index is 707. The molecule has 0 atom stereocenters. The Morgan fingerprint density at radius 1 is 1.19 bits per heavy atom. The van der Waals surface area contributed by atoms with Crippen molar-refractivity contribution in [3.05, 3.63) is 46.7 Å². The predicted molar refractivity (Wildman–Crippen MR) is 77.4 cm³/mol. The summed E-state index contributed by atoms with van der Waals surface area (Å²) >= 11 is 5.69. The van der Waals surface area contributed by atoms with Gasteiger partial charge in [0, 0.05) is 17.7 Å². The van der Waals surface area contributed by atoms with Crippen molar-refractivity contribution < 1.29 is 18.7 Å². The topological polar surface area (TPSA) is 87.6 Å². The van der Waals surface area contributed by atoms with Crippen LogP contribution in [0.2, 0.25) is 5.02 Å². The Hall–Kier alpha value is -2.47. The molecule has 2 rings (SSSR count). The van der Waals surface area contributed by atoms with Gasteiger partial charge in [0.1, 0.15) is 5.82 Å². The molecular formula is C14H12ClFN2O3. The Morgan fingerprint density at radius 2 is 1.90 bits per heavy atom. The van der Waals surface area contributed by atoms with Gasteiger partial charge in [-0.25, -0.2) is 4.39 Å². The van der Waals surface area contributed by atoms with Gasteiger partial charge in [-0.05, 0) is 18.2 Å². The number of carbonyl (C=O) groups is 1. The van der Waals surface area contributed by atoms with Crippen LogP contribution >= 0.6 is 11.6 Å².